The van der Waals surface area contributed by atoms with Gasteiger partial charge in [0, 0.05) is 17.3 Å². The Labute approximate surface area is 165 Å². The average molecular weight is 380 g/mol. The Hall–Kier alpha value is -2.63. The van der Waals surface area contributed by atoms with Crippen molar-refractivity contribution in [2.24, 2.45) is 0 Å². The molecule has 0 spiro atoms. The molecule has 1 saturated carbocycles. The summed E-state index contributed by atoms with van der Waals surface area (Å²) < 4.78 is 1.91. The Bertz CT molecular complexity index is 881. The standard InChI is InChI=1S/C22H28N4O2/c1-15-8-5-6-12-18(15)26-19-13-7-11-17(19)21(25-26)22(28)23-14-20(27)24-16-9-3-2-4-10-16/h5-6,8,12,16H,2-4,7,9-11,13-14H2,1H3,(H,23,28)(H,24,27). The van der Waals surface area contributed by atoms with Crippen LogP contribution in [0.2, 0.25) is 0 Å². The Morgan fingerprint density at radius 3 is 2.68 bits per heavy atom. The average Bonchev–Trinajstić information content (AvgIpc) is 3.30. The van der Waals surface area contributed by atoms with Crippen LogP contribution in [0.15, 0.2) is 24.3 Å². The second-order valence-electron chi connectivity index (χ2n) is 7.91. The highest BCUT2D eigenvalue weighted by molar-refractivity contribution is 5.96. The van der Waals surface area contributed by atoms with E-state index in [4.69, 9.17) is 0 Å². The molecule has 0 saturated heterocycles. The predicted molar refractivity (Wildman–Crippen MR) is 108 cm³/mol. The highest BCUT2D eigenvalue weighted by atomic mass is 16.2. The number of benzene rings is 1. The summed E-state index contributed by atoms with van der Waals surface area (Å²) in [6.07, 6.45) is 8.46. The van der Waals surface area contributed by atoms with Crippen LogP contribution in [0.4, 0.5) is 0 Å². The first-order chi connectivity index (χ1) is 13.6. The highest BCUT2D eigenvalue weighted by Gasteiger charge is 2.27. The van der Waals surface area contributed by atoms with E-state index in [2.05, 4.69) is 15.7 Å². The summed E-state index contributed by atoms with van der Waals surface area (Å²) in [6, 6.07) is 8.32. The van der Waals surface area contributed by atoms with Crippen molar-refractivity contribution in [3.63, 3.8) is 0 Å². The lowest BCUT2D eigenvalue weighted by atomic mass is 9.95. The molecule has 2 aromatic rings. The van der Waals surface area contributed by atoms with Crippen LogP contribution in [0.25, 0.3) is 5.69 Å². The number of fused-ring (bicyclic) bond motifs is 1. The molecular formula is C22H28N4O2. The summed E-state index contributed by atoms with van der Waals surface area (Å²) in [5, 5.41) is 10.4. The smallest absolute Gasteiger partial charge is 0.272 e. The quantitative estimate of drug-likeness (QED) is 0.837. The van der Waals surface area contributed by atoms with Crippen molar-refractivity contribution in [2.75, 3.05) is 6.54 Å². The highest BCUT2D eigenvalue weighted by Crippen LogP contribution is 2.28. The molecule has 0 unspecified atom stereocenters. The second kappa shape index (κ2) is 8.17. The molecule has 1 fully saturated rings. The largest absolute Gasteiger partial charge is 0.352 e. The summed E-state index contributed by atoms with van der Waals surface area (Å²) in [6.45, 7) is 2.05. The number of carbonyl (C=O) groups is 2. The fourth-order valence-electron chi connectivity index (χ4n) is 4.39. The van der Waals surface area contributed by atoms with E-state index in [0.717, 1.165) is 54.6 Å². The van der Waals surface area contributed by atoms with Crippen molar-refractivity contribution in [1.29, 1.82) is 0 Å². The fraction of sp³-hybridized carbons (Fsp3) is 0.500. The molecule has 6 nitrogen and oxygen atoms in total. The molecule has 0 atom stereocenters. The van der Waals surface area contributed by atoms with Crippen molar-refractivity contribution >= 4 is 11.8 Å². The molecule has 0 radical (unpaired) electrons. The number of nitrogens with zero attached hydrogens (tertiary/aromatic N) is 2. The fourth-order valence-corrected chi connectivity index (χ4v) is 4.39. The number of hydrogen-bond donors (Lipinski definition) is 2. The van der Waals surface area contributed by atoms with Crippen molar-refractivity contribution in [3.8, 4) is 5.69 Å². The maximum absolute atomic E-state index is 12.8. The SMILES string of the molecule is Cc1ccccc1-n1nc(C(=O)NCC(=O)NC2CCCCC2)c2c1CCC2. The molecule has 1 heterocycles. The molecule has 2 aliphatic carbocycles. The zero-order valence-corrected chi connectivity index (χ0v) is 16.5. The number of aromatic nitrogens is 2. The first-order valence-corrected chi connectivity index (χ1v) is 10.4. The minimum Gasteiger partial charge on any atom is -0.352 e. The molecule has 0 bridgehead atoms. The first kappa shape index (κ1) is 18.7. The van der Waals surface area contributed by atoms with E-state index >= 15 is 0 Å². The molecule has 148 valence electrons. The molecule has 4 rings (SSSR count). The molecule has 2 N–H and O–H groups in total. The van der Waals surface area contributed by atoms with Crippen molar-refractivity contribution in [3.05, 3.63) is 46.8 Å². The van der Waals surface area contributed by atoms with E-state index in [0.29, 0.717) is 5.69 Å². The van der Waals surface area contributed by atoms with E-state index in [9.17, 15) is 9.59 Å². The van der Waals surface area contributed by atoms with E-state index < -0.39 is 0 Å². The van der Waals surface area contributed by atoms with Crippen LogP contribution in [0, 0.1) is 6.92 Å². The number of amides is 2. The maximum atomic E-state index is 12.8. The number of nitrogens with one attached hydrogen (secondary N) is 2. The van der Waals surface area contributed by atoms with Crippen LogP contribution >= 0.6 is 0 Å². The van der Waals surface area contributed by atoms with Gasteiger partial charge in [-0.15, -0.1) is 0 Å². The normalized spacial score (nSPS) is 16.6. The zero-order valence-electron chi connectivity index (χ0n) is 16.5. The van der Waals surface area contributed by atoms with Crippen molar-refractivity contribution < 1.29 is 9.59 Å². The Balaban J connectivity index is 1.45. The van der Waals surface area contributed by atoms with Gasteiger partial charge >= 0.3 is 0 Å². The van der Waals surface area contributed by atoms with Crippen LogP contribution in [0.3, 0.4) is 0 Å². The van der Waals surface area contributed by atoms with E-state index in [1.54, 1.807) is 0 Å². The molecule has 28 heavy (non-hydrogen) atoms. The molecule has 0 aliphatic heterocycles. The first-order valence-electron chi connectivity index (χ1n) is 10.4. The number of carbonyl (C=O) groups excluding carboxylic acids is 2. The van der Waals surface area contributed by atoms with E-state index in [1.807, 2.05) is 35.9 Å². The summed E-state index contributed by atoms with van der Waals surface area (Å²) in [5.41, 5.74) is 4.73. The number of hydrogen-bond acceptors (Lipinski definition) is 3. The number of aryl methyl sites for hydroxylation is 1. The molecule has 2 aliphatic rings. The minimum absolute atomic E-state index is 0.00132. The summed E-state index contributed by atoms with van der Waals surface area (Å²) in [4.78, 5) is 25.0. The lowest BCUT2D eigenvalue weighted by Gasteiger charge is -2.22. The van der Waals surface area contributed by atoms with Gasteiger partial charge in [0.1, 0.15) is 0 Å². The molecule has 1 aromatic heterocycles. The van der Waals surface area contributed by atoms with Gasteiger partial charge < -0.3 is 10.6 Å². The third-order valence-corrected chi connectivity index (χ3v) is 5.87. The number of para-hydroxylation sites is 1. The third kappa shape index (κ3) is 3.81. The van der Waals surface area contributed by atoms with Crippen LogP contribution in [-0.4, -0.2) is 34.2 Å². The van der Waals surface area contributed by atoms with E-state index in [1.165, 1.54) is 19.3 Å². The van der Waals surface area contributed by atoms with Gasteiger partial charge in [0.2, 0.25) is 5.91 Å². The van der Waals surface area contributed by atoms with Gasteiger partial charge in [-0.05, 0) is 50.7 Å². The van der Waals surface area contributed by atoms with Gasteiger partial charge in [-0.1, -0.05) is 37.5 Å². The van der Waals surface area contributed by atoms with Crippen LogP contribution < -0.4 is 10.6 Å². The Morgan fingerprint density at radius 1 is 1.11 bits per heavy atom. The predicted octanol–water partition coefficient (Wildman–Crippen LogP) is 2.85. The number of rotatable bonds is 5. The van der Waals surface area contributed by atoms with E-state index in [-0.39, 0.29) is 24.4 Å². The van der Waals surface area contributed by atoms with Gasteiger partial charge in [-0.3, -0.25) is 9.59 Å². The van der Waals surface area contributed by atoms with Crippen LogP contribution in [0.5, 0.6) is 0 Å². The Morgan fingerprint density at radius 2 is 1.89 bits per heavy atom. The summed E-state index contributed by atoms with van der Waals surface area (Å²) in [5.74, 6) is -0.375. The van der Waals surface area contributed by atoms with Crippen LogP contribution in [0.1, 0.15) is 65.8 Å². The second-order valence-corrected chi connectivity index (χ2v) is 7.91. The zero-order chi connectivity index (χ0) is 19.5. The molecule has 1 aromatic carbocycles. The maximum Gasteiger partial charge on any atom is 0.272 e. The van der Waals surface area contributed by atoms with Gasteiger partial charge in [0.15, 0.2) is 5.69 Å². The summed E-state index contributed by atoms with van der Waals surface area (Å²) in [7, 11) is 0. The van der Waals surface area contributed by atoms with Gasteiger partial charge in [-0.25, -0.2) is 4.68 Å². The monoisotopic (exact) mass is 380 g/mol. The molecule has 6 heteroatoms. The molecular weight excluding hydrogens is 352 g/mol. The lowest BCUT2D eigenvalue weighted by Crippen LogP contribution is -2.42. The summed E-state index contributed by atoms with van der Waals surface area (Å²) >= 11 is 0. The van der Waals surface area contributed by atoms with Crippen molar-refractivity contribution in [1.82, 2.24) is 20.4 Å². The lowest BCUT2D eigenvalue weighted by molar-refractivity contribution is -0.121. The Kier molecular flexibility index (Phi) is 5.46. The topological polar surface area (TPSA) is 76.0 Å². The van der Waals surface area contributed by atoms with Crippen molar-refractivity contribution in [2.45, 2.75) is 64.3 Å². The van der Waals surface area contributed by atoms with Gasteiger partial charge in [0.25, 0.3) is 5.91 Å². The minimum atomic E-state index is -0.260. The van der Waals surface area contributed by atoms with Gasteiger partial charge in [-0.2, -0.15) is 5.10 Å². The third-order valence-electron chi connectivity index (χ3n) is 5.87. The van der Waals surface area contributed by atoms with Gasteiger partial charge in [0.05, 0.1) is 12.2 Å². The van der Waals surface area contributed by atoms with Crippen LogP contribution in [-0.2, 0) is 17.6 Å². The molecule has 2 amide bonds.